The molecule has 6 nitrogen and oxygen atoms in total. The molecule has 1 aromatic heterocycles. The van der Waals surface area contributed by atoms with Crippen molar-refractivity contribution in [2.75, 3.05) is 19.8 Å². The maximum absolute atomic E-state index is 11.5. The Morgan fingerprint density at radius 1 is 1.18 bits per heavy atom. The Morgan fingerprint density at radius 3 is 2.53 bits per heavy atom. The molecule has 1 unspecified atom stereocenters. The number of aryl methyl sites for hydroxylation is 1. The summed E-state index contributed by atoms with van der Waals surface area (Å²) in [5.41, 5.74) is 11.2. The fourth-order valence-electron chi connectivity index (χ4n) is 4.60. The van der Waals surface area contributed by atoms with Crippen LogP contribution in [0.5, 0.6) is 0 Å². The predicted octanol–water partition coefficient (Wildman–Crippen LogP) is 3.84. The lowest BCUT2D eigenvalue weighted by Crippen LogP contribution is -2.50. The molecule has 1 atom stereocenters. The lowest BCUT2D eigenvalue weighted by atomic mass is 9.74. The van der Waals surface area contributed by atoms with Gasteiger partial charge in [0.05, 0.1) is 24.9 Å². The first kappa shape index (κ1) is 22.3. The van der Waals surface area contributed by atoms with Crippen LogP contribution in [0.25, 0.3) is 11.3 Å². The van der Waals surface area contributed by atoms with E-state index in [2.05, 4.69) is 83.2 Å². The zero-order chi connectivity index (χ0) is 23.5. The van der Waals surface area contributed by atoms with Crippen molar-refractivity contribution in [2.24, 2.45) is 11.1 Å². The van der Waals surface area contributed by atoms with E-state index in [1.165, 1.54) is 16.7 Å². The Bertz CT molecular complexity index is 1220. The molecule has 5 rings (SSSR count). The second kappa shape index (κ2) is 9.41. The van der Waals surface area contributed by atoms with E-state index in [4.69, 9.17) is 10.5 Å². The molecule has 6 heteroatoms. The molecule has 1 aliphatic heterocycles. The second-order valence-corrected chi connectivity index (χ2v) is 9.33. The van der Waals surface area contributed by atoms with Crippen molar-refractivity contribution in [3.8, 4) is 5.69 Å². The Balaban J connectivity index is 1.35. The summed E-state index contributed by atoms with van der Waals surface area (Å²) in [7, 11) is 0. The quantitative estimate of drug-likeness (QED) is 0.542. The van der Waals surface area contributed by atoms with Gasteiger partial charge in [0.15, 0.2) is 5.69 Å². The number of ether oxygens (including phenoxy) is 1. The highest BCUT2D eigenvalue weighted by molar-refractivity contribution is 5.90. The van der Waals surface area contributed by atoms with Gasteiger partial charge >= 0.3 is 0 Å². The zero-order valence-corrected chi connectivity index (χ0v) is 19.4. The molecule has 0 saturated carbocycles. The maximum Gasteiger partial charge on any atom is 0.269 e. The van der Waals surface area contributed by atoms with Gasteiger partial charge in [-0.25, -0.2) is 4.68 Å². The minimum atomic E-state index is -0.517. The van der Waals surface area contributed by atoms with Crippen LogP contribution in [-0.4, -0.2) is 41.5 Å². The van der Waals surface area contributed by atoms with Gasteiger partial charge in [0, 0.05) is 17.7 Å². The third-order valence-electron chi connectivity index (χ3n) is 6.71. The van der Waals surface area contributed by atoms with Crippen LogP contribution in [0, 0.1) is 12.3 Å². The summed E-state index contributed by atoms with van der Waals surface area (Å²) in [6.45, 7) is 4.39. The predicted molar refractivity (Wildman–Crippen MR) is 134 cm³/mol. The first-order valence-electron chi connectivity index (χ1n) is 11.7. The highest BCUT2D eigenvalue weighted by Crippen LogP contribution is 2.36. The molecule has 1 aliphatic carbocycles. The van der Waals surface area contributed by atoms with Crippen molar-refractivity contribution >= 4 is 11.5 Å². The topological polar surface area (TPSA) is 82.2 Å². The number of carbonyl (C=O) groups excluding carboxylic acids is 1. The van der Waals surface area contributed by atoms with Crippen molar-refractivity contribution in [3.05, 3.63) is 101 Å². The molecule has 174 valence electrons. The van der Waals surface area contributed by atoms with Crippen molar-refractivity contribution in [2.45, 2.75) is 25.8 Å². The van der Waals surface area contributed by atoms with E-state index in [-0.39, 0.29) is 11.1 Å². The summed E-state index contributed by atoms with van der Waals surface area (Å²) in [6, 6.07) is 21.1. The first-order valence-corrected chi connectivity index (χ1v) is 11.7. The molecule has 0 bridgehead atoms. The summed E-state index contributed by atoms with van der Waals surface area (Å²) in [6.07, 6.45) is 8.90. The van der Waals surface area contributed by atoms with Gasteiger partial charge in [-0.2, -0.15) is 5.10 Å². The molecule has 1 fully saturated rings. The number of nitrogens with two attached hydrogens (primary N) is 1. The molecule has 0 spiro atoms. The molecule has 34 heavy (non-hydrogen) atoms. The highest BCUT2D eigenvalue weighted by Gasteiger charge is 2.31. The molecule has 3 aromatic rings. The van der Waals surface area contributed by atoms with E-state index in [1.54, 1.807) is 10.7 Å². The number of carbonyl (C=O) groups is 1. The minimum Gasteiger partial charge on any atom is -0.378 e. The van der Waals surface area contributed by atoms with Gasteiger partial charge in [-0.1, -0.05) is 60.7 Å². The van der Waals surface area contributed by atoms with E-state index in [0.717, 1.165) is 44.0 Å². The summed E-state index contributed by atoms with van der Waals surface area (Å²) < 4.78 is 7.11. The van der Waals surface area contributed by atoms with Crippen LogP contribution >= 0.6 is 0 Å². The minimum absolute atomic E-state index is 0.00383. The smallest absolute Gasteiger partial charge is 0.269 e. The van der Waals surface area contributed by atoms with Crippen LogP contribution < -0.4 is 11.1 Å². The largest absolute Gasteiger partial charge is 0.378 e. The third-order valence-corrected chi connectivity index (χ3v) is 6.71. The van der Waals surface area contributed by atoms with E-state index in [0.29, 0.717) is 6.04 Å². The summed E-state index contributed by atoms with van der Waals surface area (Å²) in [4.78, 5) is 11.5. The number of benzene rings is 2. The van der Waals surface area contributed by atoms with Crippen LogP contribution in [-0.2, 0) is 11.2 Å². The lowest BCUT2D eigenvalue weighted by Gasteiger charge is -2.37. The summed E-state index contributed by atoms with van der Waals surface area (Å²) >= 11 is 0. The van der Waals surface area contributed by atoms with Gasteiger partial charge in [0.2, 0.25) is 0 Å². The molecule has 2 aliphatic rings. The average Bonchev–Trinajstić information content (AvgIpc) is 3.22. The van der Waals surface area contributed by atoms with Crippen molar-refractivity contribution < 1.29 is 9.53 Å². The van der Waals surface area contributed by atoms with Crippen LogP contribution in [0.2, 0.25) is 0 Å². The molecular formula is C28H30N4O2. The Morgan fingerprint density at radius 2 is 1.94 bits per heavy atom. The molecule has 1 saturated heterocycles. The fourth-order valence-corrected chi connectivity index (χ4v) is 4.60. The molecule has 0 radical (unpaired) electrons. The van der Waals surface area contributed by atoms with E-state index >= 15 is 0 Å². The van der Waals surface area contributed by atoms with Crippen LogP contribution in [0.1, 0.15) is 33.7 Å². The van der Waals surface area contributed by atoms with Crippen molar-refractivity contribution in [1.82, 2.24) is 15.1 Å². The lowest BCUT2D eigenvalue weighted by molar-refractivity contribution is -0.00818. The molecule has 1 amide bonds. The van der Waals surface area contributed by atoms with Crippen LogP contribution in [0.15, 0.2) is 78.9 Å². The standard InChI is InChI=1S/C28H30N4O2/c1-20-15-26(27(29)33)31-32(20)25-9-7-21(8-10-25)16-28(19-30-24-17-34-18-24)13-11-23(12-14-28)22-5-3-2-4-6-22/h2-13,15,24,30H,14,16-19H2,1H3,(H2,29,33). The van der Waals surface area contributed by atoms with Gasteiger partial charge in [0.25, 0.3) is 5.91 Å². The normalized spacial score (nSPS) is 20.1. The fraction of sp³-hybridized carbons (Fsp3) is 0.286. The van der Waals surface area contributed by atoms with E-state index < -0.39 is 5.91 Å². The molecule has 2 aromatic carbocycles. The Labute approximate surface area is 200 Å². The monoisotopic (exact) mass is 454 g/mol. The number of allylic oxidation sites excluding steroid dienone is 3. The number of hydrogen-bond acceptors (Lipinski definition) is 4. The Kier molecular flexibility index (Phi) is 6.18. The first-order chi connectivity index (χ1) is 16.5. The van der Waals surface area contributed by atoms with Crippen molar-refractivity contribution in [1.29, 1.82) is 0 Å². The van der Waals surface area contributed by atoms with Gasteiger partial charge in [-0.3, -0.25) is 4.79 Å². The number of primary amides is 1. The molecule has 2 heterocycles. The van der Waals surface area contributed by atoms with Gasteiger partial charge in [0.1, 0.15) is 0 Å². The van der Waals surface area contributed by atoms with E-state index in [1.807, 2.05) is 6.92 Å². The summed E-state index contributed by atoms with van der Waals surface area (Å²) in [5, 5.41) is 8.04. The SMILES string of the molecule is Cc1cc(C(N)=O)nn1-c1ccc(CC2(CNC3COC3)C=CC(c3ccccc3)=CC2)cc1. The van der Waals surface area contributed by atoms with Crippen molar-refractivity contribution in [3.63, 3.8) is 0 Å². The van der Waals surface area contributed by atoms with Gasteiger partial charge in [-0.15, -0.1) is 0 Å². The zero-order valence-electron chi connectivity index (χ0n) is 19.4. The number of rotatable bonds is 8. The third kappa shape index (κ3) is 4.74. The van der Waals surface area contributed by atoms with Crippen LogP contribution in [0.3, 0.4) is 0 Å². The average molecular weight is 455 g/mol. The molecule has 3 N–H and O–H groups in total. The summed E-state index contributed by atoms with van der Waals surface area (Å²) in [5.74, 6) is -0.517. The Hall–Kier alpha value is -3.48. The number of aromatic nitrogens is 2. The highest BCUT2D eigenvalue weighted by atomic mass is 16.5. The number of nitrogens with one attached hydrogen (secondary N) is 1. The number of amides is 1. The molecular weight excluding hydrogens is 424 g/mol. The maximum atomic E-state index is 11.5. The number of hydrogen-bond donors (Lipinski definition) is 2. The second-order valence-electron chi connectivity index (χ2n) is 9.33. The van der Waals surface area contributed by atoms with Gasteiger partial charge in [-0.05, 0) is 54.7 Å². The van der Waals surface area contributed by atoms with Gasteiger partial charge < -0.3 is 15.8 Å². The number of nitrogens with zero attached hydrogens (tertiary/aromatic N) is 2. The van der Waals surface area contributed by atoms with Crippen LogP contribution in [0.4, 0.5) is 0 Å². The van der Waals surface area contributed by atoms with E-state index in [9.17, 15) is 4.79 Å².